The monoisotopic (exact) mass is 213 g/mol. The van der Waals surface area contributed by atoms with E-state index in [1.165, 1.54) is 11.1 Å². The molecule has 0 radical (unpaired) electrons. The van der Waals surface area contributed by atoms with Gasteiger partial charge in [0.2, 0.25) is 0 Å². The van der Waals surface area contributed by atoms with E-state index in [1.54, 1.807) is 0 Å². The lowest BCUT2D eigenvalue weighted by Gasteiger charge is -2.14. The van der Waals surface area contributed by atoms with Crippen molar-refractivity contribution >= 4 is 29.2 Å². The van der Waals surface area contributed by atoms with E-state index in [0.717, 1.165) is 5.69 Å². The summed E-state index contributed by atoms with van der Waals surface area (Å²) in [5, 5.41) is 0. The molecule has 1 aromatic rings. The summed E-state index contributed by atoms with van der Waals surface area (Å²) in [6, 6.07) is 6.28. The molecule has 0 atom stereocenters. The van der Waals surface area contributed by atoms with E-state index in [4.69, 9.17) is 5.73 Å². The Hall–Kier alpha value is -0.280. The van der Waals surface area contributed by atoms with Crippen molar-refractivity contribution in [3.8, 4) is 0 Å². The molecular weight excluding hydrogens is 198 g/mol. The number of benzene rings is 1. The molecular formula is C10H15NS2. The highest BCUT2D eigenvalue weighted by molar-refractivity contribution is 8.15. The molecule has 0 aliphatic rings. The van der Waals surface area contributed by atoms with Crippen molar-refractivity contribution < 1.29 is 0 Å². The smallest absolute Gasteiger partial charge is 0.0765 e. The number of aryl methyl sites for hydroxylation is 1. The number of thioether (sulfide) groups is 2. The minimum Gasteiger partial charge on any atom is -0.398 e. The van der Waals surface area contributed by atoms with Crippen LogP contribution in [0.5, 0.6) is 0 Å². The van der Waals surface area contributed by atoms with E-state index in [1.807, 2.05) is 29.6 Å². The van der Waals surface area contributed by atoms with Gasteiger partial charge in [-0.1, -0.05) is 12.1 Å². The van der Waals surface area contributed by atoms with Crippen LogP contribution in [0, 0.1) is 6.92 Å². The second-order valence-electron chi connectivity index (χ2n) is 2.94. The first-order valence-electron chi connectivity index (χ1n) is 4.10. The molecule has 0 saturated carbocycles. The van der Waals surface area contributed by atoms with Gasteiger partial charge < -0.3 is 5.73 Å². The van der Waals surface area contributed by atoms with Crippen LogP contribution in [0.2, 0.25) is 0 Å². The molecule has 0 unspecified atom stereocenters. The highest BCUT2D eigenvalue weighted by Crippen LogP contribution is 2.38. The van der Waals surface area contributed by atoms with E-state index in [0.29, 0.717) is 4.58 Å². The molecule has 3 heteroatoms. The summed E-state index contributed by atoms with van der Waals surface area (Å²) in [7, 11) is 0. The maximum atomic E-state index is 5.95. The molecule has 2 N–H and O–H groups in total. The molecule has 0 aromatic heterocycles. The lowest BCUT2D eigenvalue weighted by Crippen LogP contribution is -1.96. The van der Waals surface area contributed by atoms with Crippen LogP contribution in [0.25, 0.3) is 0 Å². The van der Waals surface area contributed by atoms with Crippen molar-refractivity contribution in [3.63, 3.8) is 0 Å². The van der Waals surface area contributed by atoms with Crippen LogP contribution in [0.3, 0.4) is 0 Å². The van der Waals surface area contributed by atoms with Crippen LogP contribution in [0.15, 0.2) is 18.2 Å². The van der Waals surface area contributed by atoms with Crippen LogP contribution in [0.4, 0.5) is 5.69 Å². The van der Waals surface area contributed by atoms with Gasteiger partial charge in [-0.2, -0.15) is 0 Å². The fourth-order valence-electron chi connectivity index (χ4n) is 1.26. The molecule has 0 bridgehead atoms. The predicted octanol–water partition coefficient (Wildman–Crippen LogP) is 3.30. The Morgan fingerprint density at radius 1 is 1.23 bits per heavy atom. The van der Waals surface area contributed by atoms with Gasteiger partial charge in [0.25, 0.3) is 0 Å². The number of anilines is 1. The van der Waals surface area contributed by atoms with Crippen LogP contribution in [-0.4, -0.2) is 12.5 Å². The topological polar surface area (TPSA) is 26.0 Å². The van der Waals surface area contributed by atoms with Crippen molar-refractivity contribution in [3.05, 3.63) is 29.3 Å². The van der Waals surface area contributed by atoms with Gasteiger partial charge in [-0.25, -0.2) is 0 Å². The molecule has 13 heavy (non-hydrogen) atoms. The summed E-state index contributed by atoms with van der Waals surface area (Å²) in [5.41, 5.74) is 9.32. The first kappa shape index (κ1) is 10.8. The van der Waals surface area contributed by atoms with E-state index in [-0.39, 0.29) is 0 Å². The molecule has 72 valence electrons. The Labute approximate surface area is 88.5 Å². The Morgan fingerprint density at radius 3 is 2.31 bits per heavy atom. The van der Waals surface area contributed by atoms with Crippen LogP contribution < -0.4 is 5.73 Å². The van der Waals surface area contributed by atoms with E-state index in [2.05, 4.69) is 31.6 Å². The van der Waals surface area contributed by atoms with Gasteiger partial charge in [0.1, 0.15) is 0 Å². The molecule has 1 nitrogen and oxygen atoms in total. The second-order valence-corrected chi connectivity index (χ2v) is 5.12. The molecule has 1 aromatic carbocycles. The molecule has 0 saturated heterocycles. The quantitative estimate of drug-likeness (QED) is 0.616. The maximum absolute atomic E-state index is 5.95. The third-order valence-electron chi connectivity index (χ3n) is 1.92. The molecule has 0 heterocycles. The third kappa shape index (κ3) is 2.58. The third-order valence-corrected chi connectivity index (χ3v) is 4.44. The molecule has 0 aliphatic heterocycles. The Balaban J connectivity index is 2.99. The average Bonchev–Trinajstić information content (AvgIpc) is 2.10. The van der Waals surface area contributed by atoms with Gasteiger partial charge in [-0.05, 0) is 36.6 Å². The molecule has 1 rings (SSSR count). The van der Waals surface area contributed by atoms with Gasteiger partial charge in [0.05, 0.1) is 4.58 Å². The van der Waals surface area contributed by atoms with E-state index in [9.17, 15) is 0 Å². The minimum atomic E-state index is 0.459. The summed E-state index contributed by atoms with van der Waals surface area (Å²) in [6.45, 7) is 2.06. The Morgan fingerprint density at radius 2 is 1.85 bits per heavy atom. The van der Waals surface area contributed by atoms with Gasteiger partial charge in [0.15, 0.2) is 0 Å². The largest absolute Gasteiger partial charge is 0.398 e. The zero-order chi connectivity index (χ0) is 9.84. The number of nitrogens with two attached hydrogens (primary N) is 1. The predicted molar refractivity (Wildman–Crippen MR) is 65.4 cm³/mol. The minimum absolute atomic E-state index is 0.459. The van der Waals surface area contributed by atoms with Crippen LogP contribution in [-0.2, 0) is 0 Å². The van der Waals surface area contributed by atoms with Gasteiger partial charge in [-0.3, -0.25) is 0 Å². The summed E-state index contributed by atoms with van der Waals surface area (Å²) in [5.74, 6) is 0. The van der Waals surface area contributed by atoms with E-state index >= 15 is 0 Å². The Kier molecular flexibility index (Phi) is 4.00. The van der Waals surface area contributed by atoms with Crippen LogP contribution in [0.1, 0.15) is 15.7 Å². The van der Waals surface area contributed by atoms with Crippen molar-refractivity contribution in [2.75, 3.05) is 18.2 Å². The number of hydrogen-bond donors (Lipinski definition) is 1. The second kappa shape index (κ2) is 4.82. The number of nitrogen functional groups attached to an aromatic ring is 1. The first-order chi connectivity index (χ1) is 6.19. The summed E-state index contributed by atoms with van der Waals surface area (Å²) < 4.78 is 0.459. The maximum Gasteiger partial charge on any atom is 0.0765 e. The van der Waals surface area contributed by atoms with Crippen LogP contribution >= 0.6 is 23.5 Å². The van der Waals surface area contributed by atoms with Crippen molar-refractivity contribution in [1.82, 2.24) is 0 Å². The van der Waals surface area contributed by atoms with Gasteiger partial charge in [0, 0.05) is 5.69 Å². The average molecular weight is 213 g/mol. The molecule has 0 amide bonds. The van der Waals surface area contributed by atoms with Gasteiger partial charge >= 0.3 is 0 Å². The highest BCUT2D eigenvalue weighted by atomic mass is 32.2. The number of rotatable bonds is 3. The van der Waals surface area contributed by atoms with Crippen molar-refractivity contribution in [1.29, 1.82) is 0 Å². The normalized spacial score (nSPS) is 10.8. The highest BCUT2D eigenvalue weighted by Gasteiger charge is 2.10. The van der Waals surface area contributed by atoms with E-state index < -0.39 is 0 Å². The molecule has 0 aliphatic carbocycles. The SMILES string of the molecule is CSC(SC)c1ccc(C)cc1N. The number of hydrogen-bond acceptors (Lipinski definition) is 3. The fraction of sp³-hybridized carbons (Fsp3) is 0.400. The van der Waals surface area contributed by atoms with Crippen molar-refractivity contribution in [2.24, 2.45) is 0 Å². The van der Waals surface area contributed by atoms with Crippen molar-refractivity contribution in [2.45, 2.75) is 11.5 Å². The fourth-order valence-corrected chi connectivity index (χ4v) is 2.97. The summed E-state index contributed by atoms with van der Waals surface area (Å²) in [4.78, 5) is 0. The lowest BCUT2D eigenvalue weighted by atomic mass is 10.1. The first-order valence-corrected chi connectivity index (χ1v) is 6.68. The summed E-state index contributed by atoms with van der Waals surface area (Å²) >= 11 is 3.65. The molecule has 0 spiro atoms. The standard InChI is InChI=1S/C10H15NS2/c1-7-4-5-8(9(11)6-7)10(12-2)13-3/h4-6,10H,11H2,1-3H3. The summed E-state index contributed by atoms with van der Waals surface area (Å²) in [6.07, 6.45) is 4.22. The van der Waals surface area contributed by atoms with Gasteiger partial charge in [-0.15, -0.1) is 23.5 Å². The zero-order valence-corrected chi connectivity index (χ0v) is 9.84. The lowest BCUT2D eigenvalue weighted by molar-refractivity contribution is 1.35. The Bertz CT molecular complexity index is 282. The zero-order valence-electron chi connectivity index (χ0n) is 8.20. The molecule has 0 fully saturated rings.